The van der Waals surface area contributed by atoms with Crippen LogP contribution in [0.5, 0.6) is 0 Å². The minimum absolute atomic E-state index is 0.0288. The van der Waals surface area contributed by atoms with Gasteiger partial charge in [-0.3, -0.25) is 18.6 Å². The van der Waals surface area contributed by atoms with Gasteiger partial charge in [-0.05, 0) is 102 Å². The van der Waals surface area contributed by atoms with Gasteiger partial charge in [-0.15, -0.1) is 0 Å². The summed E-state index contributed by atoms with van der Waals surface area (Å²) < 4.78 is 30.6. The quantitative estimate of drug-likeness (QED) is 0.0156. The van der Waals surface area contributed by atoms with Gasteiger partial charge in [0.15, 0.2) is 0 Å². The van der Waals surface area contributed by atoms with E-state index in [2.05, 4.69) is 99.0 Å². The van der Waals surface area contributed by atoms with Crippen LogP contribution in [-0.2, 0) is 27.9 Å². The molecular formula is C61H110N2O7P+. The monoisotopic (exact) mass is 1010 g/mol. The van der Waals surface area contributed by atoms with E-state index in [1.54, 1.807) is 0 Å². The normalized spacial score (nSPS) is 14.4. The van der Waals surface area contributed by atoms with E-state index in [9.17, 15) is 19.0 Å². The van der Waals surface area contributed by atoms with Crippen LogP contribution in [0.25, 0.3) is 0 Å². The number of carbonyl (C=O) groups is 2. The van der Waals surface area contributed by atoms with Crippen LogP contribution >= 0.6 is 7.82 Å². The number of phosphoric acid groups is 1. The van der Waals surface area contributed by atoms with Gasteiger partial charge in [0.2, 0.25) is 5.91 Å². The number of likely N-dealkylation sites (N-methyl/N-ethyl adjacent to an activating group) is 1. The van der Waals surface area contributed by atoms with Gasteiger partial charge in [0.25, 0.3) is 0 Å². The van der Waals surface area contributed by atoms with Crippen molar-refractivity contribution in [3.05, 3.63) is 85.1 Å². The third kappa shape index (κ3) is 51.9. The fourth-order valence-electron chi connectivity index (χ4n) is 7.79. The molecular weight excluding hydrogens is 904 g/mol. The first kappa shape index (κ1) is 68.2. The number of phosphoric ester groups is 1. The van der Waals surface area contributed by atoms with E-state index in [1.165, 1.54) is 89.9 Å². The van der Waals surface area contributed by atoms with E-state index in [4.69, 9.17) is 13.8 Å². The van der Waals surface area contributed by atoms with Gasteiger partial charge in [-0.1, -0.05) is 209 Å². The first-order chi connectivity index (χ1) is 34.4. The highest BCUT2D eigenvalue weighted by atomic mass is 31.2. The van der Waals surface area contributed by atoms with E-state index in [0.717, 1.165) is 109 Å². The minimum atomic E-state index is -4.46. The number of hydrogen-bond acceptors (Lipinski definition) is 6. The maximum Gasteiger partial charge on any atom is 0.472 e. The second-order valence-electron chi connectivity index (χ2n) is 20.5. The van der Waals surface area contributed by atoms with Crippen molar-refractivity contribution >= 4 is 19.7 Å². The third-order valence-corrected chi connectivity index (χ3v) is 13.3. The zero-order chi connectivity index (χ0) is 52.2. The maximum atomic E-state index is 13.5. The number of allylic oxidation sites excluding steroid dienone is 13. The topological polar surface area (TPSA) is 111 Å². The molecule has 410 valence electrons. The number of amides is 1. The number of rotatable bonds is 51. The van der Waals surface area contributed by atoms with Gasteiger partial charge in [-0.2, -0.15) is 0 Å². The zero-order valence-electron chi connectivity index (χ0n) is 46.7. The maximum absolute atomic E-state index is 13.5. The molecule has 0 bridgehead atoms. The Kier molecular flexibility index (Phi) is 48.7. The van der Waals surface area contributed by atoms with Crippen LogP contribution in [0.4, 0.5) is 0 Å². The molecule has 9 nitrogen and oxygen atoms in total. The number of nitrogens with zero attached hydrogens (tertiary/aromatic N) is 1. The van der Waals surface area contributed by atoms with Crippen LogP contribution in [0, 0.1) is 0 Å². The summed E-state index contributed by atoms with van der Waals surface area (Å²) in [7, 11) is 1.46. The molecule has 0 aliphatic carbocycles. The minimum Gasteiger partial charge on any atom is -0.456 e. The van der Waals surface area contributed by atoms with Crippen molar-refractivity contribution in [2.24, 2.45) is 0 Å². The van der Waals surface area contributed by atoms with Crippen molar-refractivity contribution in [3.63, 3.8) is 0 Å². The Bertz CT molecular complexity index is 1490. The summed E-state index contributed by atoms with van der Waals surface area (Å²) in [6, 6.07) is -0.870. The van der Waals surface area contributed by atoms with Gasteiger partial charge in [0, 0.05) is 12.8 Å². The highest BCUT2D eigenvalue weighted by Crippen LogP contribution is 2.43. The van der Waals surface area contributed by atoms with Crippen LogP contribution in [0.3, 0.4) is 0 Å². The predicted molar refractivity (Wildman–Crippen MR) is 304 cm³/mol. The molecule has 0 fully saturated rings. The summed E-state index contributed by atoms with van der Waals surface area (Å²) >= 11 is 0. The molecule has 0 heterocycles. The Labute approximate surface area is 437 Å². The number of quaternary nitrogens is 1. The molecule has 0 saturated heterocycles. The third-order valence-electron chi connectivity index (χ3n) is 12.3. The first-order valence-corrected chi connectivity index (χ1v) is 30.4. The molecule has 0 rings (SSSR count). The van der Waals surface area contributed by atoms with Crippen molar-refractivity contribution in [1.29, 1.82) is 0 Å². The Morgan fingerprint density at radius 1 is 0.507 bits per heavy atom. The lowest BCUT2D eigenvalue weighted by atomic mass is 10.1. The molecule has 0 aliphatic heterocycles. The molecule has 0 aromatic heterocycles. The molecule has 1 amide bonds. The van der Waals surface area contributed by atoms with E-state index in [0.29, 0.717) is 23.9 Å². The molecule has 0 saturated carbocycles. The molecule has 0 aliphatic rings. The second-order valence-corrected chi connectivity index (χ2v) is 21.9. The predicted octanol–water partition coefficient (Wildman–Crippen LogP) is 17.4. The van der Waals surface area contributed by atoms with Crippen molar-refractivity contribution in [1.82, 2.24) is 5.32 Å². The number of ether oxygens (including phenoxy) is 1. The van der Waals surface area contributed by atoms with Crippen molar-refractivity contribution in [2.45, 2.75) is 251 Å². The molecule has 0 radical (unpaired) electrons. The molecule has 0 spiro atoms. The lowest BCUT2D eigenvalue weighted by Gasteiger charge is -2.27. The van der Waals surface area contributed by atoms with Crippen LogP contribution < -0.4 is 5.32 Å². The molecule has 2 N–H and O–H groups in total. The van der Waals surface area contributed by atoms with Crippen LogP contribution in [0.2, 0.25) is 0 Å². The summed E-state index contributed by atoms with van der Waals surface area (Å²) in [5, 5.41) is 3.03. The molecule has 10 heteroatoms. The summed E-state index contributed by atoms with van der Waals surface area (Å²) in [6.45, 7) is 6.90. The van der Waals surface area contributed by atoms with Crippen molar-refractivity contribution in [3.8, 4) is 0 Å². The Morgan fingerprint density at radius 3 is 1.41 bits per heavy atom. The van der Waals surface area contributed by atoms with Crippen LogP contribution in [-0.4, -0.2) is 74.3 Å². The smallest absolute Gasteiger partial charge is 0.456 e. The van der Waals surface area contributed by atoms with Crippen LogP contribution in [0.15, 0.2) is 85.1 Å². The lowest BCUT2D eigenvalue weighted by molar-refractivity contribution is -0.870. The van der Waals surface area contributed by atoms with E-state index in [-0.39, 0.29) is 31.5 Å². The second kappa shape index (κ2) is 50.7. The Morgan fingerprint density at radius 2 is 0.901 bits per heavy atom. The average molecular weight is 1010 g/mol. The van der Waals surface area contributed by atoms with Crippen LogP contribution in [0.1, 0.15) is 239 Å². The zero-order valence-corrected chi connectivity index (χ0v) is 47.6. The van der Waals surface area contributed by atoms with Gasteiger partial charge in [0.1, 0.15) is 19.3 Å². The van der Waals surface area contributed by atoms with Gasteiger partial charge in [0.05, 0.1) is 33.8 Å². The van der Waals surface area contributed by atoms with Crippen molar-refractivity contribution in [2.75, 3.05) is 40.9 Å². The molecule has 3 unspecified atom stereocenters. The molecule has 0 aromatic rings. The summed E-state index contributed by atoms with van der Waals surface area (Å²) in [5.41, 5.74) is 0. The largest absolute Gasteiger partial charge is 0.472 e. The summed E-state index contributed by atoms with van der Waals surface area (Å²) in [4.78, 5) is 37.6. The number of hydrogen-bond donors (Lipinski definition) is 2. The molecule has 71 heavy (non-hydrogen) atoms. The summed E-state index contributed by atoms with van der Waals surface area (Å²) in [5.74, 6) is -0.559. The fourth-order valence-corrected chi connectivity index (χ4v) is 8.53. The standard InChI is InChI=1S/C61H109N2O7P/c1-7-10-13-16-19-22-25-27-29-30-31-32-34-36-39-42-45-48-51-54-61(65)70-59(52-49-46-43-40-37-24-21-18-15-12-9-3)58(57-69-71(66,67)68-56-55-63(4,5)6)62-60(64)53-50-47-44-41-38-35-33-28-26-23-20-17-14-11-8-2/h19-20,22-23,26-29,31-32,36,39,49,52,58-59H,7-18,21,24-25,30,33-35,37-38,40-48,50-51,53-57H2,1-6H3,(H-,62,64,66,67)/p+1/b22-19-,23-20+,28-26+,29-27-,32-31-,39-36-,52-49+. The number of carbonyl (C=O) groups excluding carboxylic acids is 2. The molecule has 3 atom stereocenters. The number of esters is 1. The Hall–Kier alpha value is -2.81. The highest BCUT2D eigenvalue weighted by Gasteiger charge is 2.30. The van der Waals surface area contributed by atoms with Gasteiger partial charge < -0.3 is 19.4 Å². The van der Waals surface area contributed by atoms with Gasteiger partial charge >= 0.3 is 13.8 Å². The van der Waals surface area contributed by atoms with E-state index < -0.39 is 20.0 Å². The highest BCUT2D eigenvalue weighted by molar-refractivity contribution is 7.47. The van der Waals surface area contributed by atoms with E-state index >= 15 is 0 Å². The average Bonchev–Trinajstić information content (AvgIpc) is 3.33. The lowest BCUT2D eigenvalue weighted by Crippen LogP contribution is -2.47. The number of nitrogens with one attached hydrogen (secondary N) is 1. The number of unbranched alkanes of at least 4 members (excludes halogenated alkanes) is 24. The molecule has 0 aromatic carbocycles. The fraction of sp³-hybridized carbons (Fsp3) is 0.738. The summed E-state index contributed by atoms with van der Waals surface area (Å²) in [6.07, 6.45) is 65.7. The SMILES string of the molecule is CCCCC/C=C\C/C=C\C/C=C\C/C=C\CCCCCC(=O)OC(/C=C/CCCCCCCCCCC)C(COP(=O)(O)OCC[N+](C)(C)C)NC(=O)CCCCCCCC/C=C/C=C/CCCCC. The van der Waals surface area contributed by atoms with Gasteiger partial charge in [-0.25, -0.2) is 4.57 Å². The Balaban J connectivity index is 5.39. The van der Waals surface area contributed by atoms with E-state index in [1.807, 2.05) is 33.3 Å². The van der Waals surface area contributed by atoms with Crippen molar-refractivity contribution < 1.29 is 37.3 Å². The first-order valence-electron chi connectivity index (χ1n) is 28.9.